The van der Waals surface area contributed by atoms with Gasteiger partial charge >= 0.3 is 6.01 Å². The first kappa shape index (κ1) is 14.6. The van der Waals surface area contributed by atoms with Gasteiger partial charge in [-0.3, -0.25) is 5.10 Å². The number of nitrogens with one attached hydrogen (secondary N) is 2. The van der Waals surface area contributed by atoms with E-state index in [0.29, 0.717) is 11.9 Å². The molecule has 1 aromatic carbocycles. The average molecular weight is 325 g/mol. The van der Waals surface area contributed by atoms with E-state index in [-0.39, 0.29) is 17.8 Å². The molecule has 1 unspecified atom stereocenters. The molecule has 2 N–H and O–H groups in total. The molecule has 4 rings (SSSR count). The van der Waals surface area contributed by atoms with Gasteiger partial charge in [-0.05, 0) is 42.7 Å². The van der Waals surface area contributed by atoms with Gasteiger partial charge in [-0.1, -0.05) is 23.3 Å². The van der Waals surface area contributed by atoms with Crippen molar-refractivity contribution in [3.8, 4) is 0 Å². The first-order chi connectivity index (χ1) is 11.7. The minimum atomic E-state index is -0.268. The molecule has 0 spiro atoms. The highest BCUT2D eigenvalue weighted by molar-refractivity contribution is 5.53. The van der Waals surface area contributed by atoms with Crippen molar-refractivity contribution in [2.24, 2.45) is 0 Å². The number of halogens is 1. The maximum Gasteiger partial charge on any atom is 0.315 e. The lowest BCUT2D eigenvalue weighted by Gasteiger charge is -2.13. The van der Waals surface area contributed by atoms with Crippen molar-refractivity contribution in [2.75, 3.05) is 5.32 Å². The normalized spacial score (nSPS) is 17.5. The molecule has 0 fully saturated rings. The third-order valence-corrected chi connectivity index (χ3v) is 4.13. The van der Waals surface area contributed by atoms with Crippen molar-refractivity contribution in [2.45, 2.75) is 25.3 Å². The molecule has 24 heavy (non-hydrogen) atoms. The van der Waals surface area contributed by atoms with Crippen LogP contribution in [-0.4, -0.2) is 20.4 Å². The number of hydrogen-bond acceptors (Lipinski definition) is 5. The number of fused-ring (bicyclic) bond motifs is 1. The Hall–Kier alpha value is -2.96. The van der Waals surface area contributed by atoms with Crippen molar-refractivity contribution >= 4 is 12.1 Å². The largest absolute Gasteiger partial charge is 0.407 e. The molecule has 0 aliphatic heterocycles. The van der Waals surface area contributed by atoms with Crippen LogP contribution in [0.25, 0.3) is 6.08 Å². The van der Waals surface area contributed by atoms with E-state index in [1.807, 2.05) is 31.3 Å². The summed E-state index contributed by atoms with van der Waals surface area (Å²) in [6, 6.07) is 6.61. The van der Waals surface area contributed by atoms with Crippen LogP contribution in [0.4, 0.5) is 10.4 Å². The summed E-state index contributed by atoms with van der Waals surface area (Å²) in [5.41, 5.74) is 2.96. The highest BCUT2D eigenvalue weighted by Crippen LogP contribution is 2.29. The lowest BCUT2D eigenvalue weighted by molar-refractivity contribution is 0.478. The second-order valence-corrected chi connectivity index (χ2v) is 5.85. The molecule has 0 saturated heterocycles. The molecule has 6 nitrogen and oxygen atoms in total. The molecule has 122 valence electrons. The van der Waals surface area contributed by atoms with Crippen LogP contribution in [-0.2, 0) is 6.42 Å². The van der Waals surface area contributed by atoms with E-state index in [2.05, 4.69) is 25.7 Å². The van der Waals surface area contributed by atoms with Crippen LogP contribution in [0.5, 0.6) is 0 Å². The summed E-state index contributed by atoms with van der Waals surface area (Å²) in [6.07, 6.45) is 6.58. The lowest BCUT2D eigenvalue weighted by Crippen LogP contribution is -2.07. The van der Waals surface area contributed by atoms with Gasteiger partial charge in [-0.25, -0.2) is 4.39 Å². The van der Waals surface area contributed by atoms with Gasteiger partial charge in [0.2, 0.25) is 5.89 Å². The molecular formula is C17H16FN5O. The van der Waals surface area contributed by atoms with Crippen LogP contribution in [0.2, 0.25) is 0 Å². The summed E-state index contributed by atoms with van der Waals surface area (Å²) in [7, 11) is 0. The Bertz CT molecular complexity index is 885. The summed E-state index contributed by atoms with van der Waals surface area (Å²) < 4.78 is 19.0. The number of H-pyrrole nitrogens is 1. The molecule has 0 saturated carbocycles. The first-order valence-electron chi connectivity index (χ1n) is 7.75. The number of benzene rings is 1. The predicted octanol–water partition coefficient (Wildman–Crippen LogP) is 3.46. The van der Waals surface area contributed by atoms with Gasteiger partial charge < -0.3 is 9.73 Å². The van der Waals surface area contributed by atoms with Gasteiger partial charge in [0.1, 0.15) is 5.82 Å². The average Bonchev–Trinajstić information content (AvgIpc) is 3.23. The van der Waals surface area contributed by atoms with E-state index in [1.54, 1.807) is 6.07 Å². The zero-order valence-corrected chi connectivity index (χ0v) is 13.0. The number of anilines is 1. The summed E-state index contributed by atoms with van der Waals surface area (Å²) in [5.74, 6) is 0.310. The Morgan fingerprint density at radius 1 is 1.38 bits per heavy atom. The molecule has 3 aromatic rings. The molecule has 2 atom stereocenters. The van der Waals surface area contributed by atoms with Crippen molar-refractivity contribution in [3.63, 3.8) is 0 Å². The van der Waals surface area contributed by atoms with Crippen molar-refractivity contribution < 1.29 is 8.81 Å². The van der Waals surface area contributed by atoms with E-state index < -0.39 is 0 Å². The lowest BCUT2D eigenvalue weighted by atomic mass is 9.94. The highest BCUT2D eigenvalue weighted by atomic mass is 19.1. The fourth-order valence-corrected chi connectivity index (χ4v) is 2.80. The first-order valence-corrected chi connectivity index (χ1v) is 7.75. The minimum absolute atomic E-state index is 0.0302. The number of aromatic amines is 1. The van der Waals surface area contributed by atoms with Crippen molar-refractivity contribution in [1.29, 1.82) is 0 Å². The molecule has 2 heterocycles. The zero-order chi connectivity index (χ0) is 16.5. The van der Waals surface area contributed by atoms with Crippen LogP contribution in [0, 0.1) is 5.82 Å². The van der Waals surface area contributed by atoms with E-state index >= 15 is 0 Å². The minimum Gasteiger partial charge on any atom is -0.407 e. The van der Waals surface area contributed by atoms with Gasteiger partial charge in [0.05, 0.1) is 23.9 Å². The summed E-state index contributed by atoms with van der Waals surface area (Å²) in [5, 5.41) is 18.2. The summed E-state index contributed by atoms with van der Waals surface area (Å²) in [4.78, 5) is 0. The number of nitrogens with zero attached hydrogens (tertiary/aromatic N) is 3. The van der Waals surface area contributed by atoms with Crippen LogP contribution in [0.3, 0.4) is 0 Å². The smallest absolute Gasteiger partial charge is 0.315 e. The number of rotatable bonds is 4. The predicted molar refractivity (Wildman–Crippen MR) is 86.8 cm³/mol. The highest BCUT2D eigenvalue weighted by Gasteiger charge is 2.22. The van der Waals surface area contributed by atoms with E-state index in [9.17, 15) is 4.39 Å². The Kier molecular flexibility index (Phi) is 3.60. The Morgan fingerprint density at radius 3 is 3.17 bits per heavy atom. The molecule has 0 radical (unpaired) electrons. The molecule has 7 heteroatoms. The second kappa shape index (κ2) is 5.92. The van der Waals surface area contributed by atoms with E-state index in [1.165, 1.54) is 12.1 Å². The van der Waals surface area contributed by atoms with Crippen LogP contribution >= 0.6 is 0 Å². The molecule has 1 aliphatic rings. The van der Waals surface area contributed by atoms with Gasteiger partial charge in [-0.2, -0.15) is 5.10 Å². The van der Waals surface area contributed by atoms with Crippen molar-refractivity contribution in [3.05, 3.63) is 65.1 Å². The fourth-order valence-electron chi connectivity index (χ4n) is 2.80. The fraction of sp³-hybridized carbons (Fsp3) is 0.235. The third kappa shape index (κ3) is 2.80. The van der Waals surface area contributed by atoms with Gasteiger partial charge in [0, 0.05) is 0 Å². The Morgan fingerprint density at radius 2 is 2.29 bits per heavy atom. The Labute approximate surface area is 137 Å². The molecule has 0 bridgehead atoms. The van der Waals surface area contributed by atoms with E-state index in [4.69, 9.17) is 4.42 Å². The third-order valence-electron chi connectivity index (χ3n) is 4.13. The standard InChI is InChI=1S/C17H16FN5O/c1-10(11-3-2-4-14(18)8-11)20-17-23-22-16(24-17)12-5-6-15-13(7-12)9-19-21-15/h2-6,8-10,12H,7H2,1H3,(H,19,21)(H,20,23)/t10-,12?/m0/s1. The number of hydrogen-bond donors (Lipinski definition) is 2. The monoisotopic (exact) mass is 325 g/mol. The quantitative estimate of drug-likeness (QED) is 0.768. The maximum atomic E-state index is 13.3. The molecule has 2 aromatic heterocycles. The van der Waals surface area contributed by atoms with Crippen LogP contribution < -0.4 is 5.32 Å². The van der Waals surface area contributed by atoms with Gasteiger partial charge in [0.25, 0.3) is 0 Å². The van der Waals surface area contributed by atoms with Gasteiger partial charge in [0.15, 0.2) is 0 Å². The Balaban J connectivity index is 1.47. The van der Waals surface area contributed by atoms with Gasteiger partial charge in [-0.15, -0.1) is 5.10 Å². The van der Waals surface area contributed by atoms with Crippen LogP contribution in [0.15, 0.2) is 41.0 Å². The molecule has 0 amide bonds. The molecular weight excluding hydrogens is 309 g/mol. The number of allylic oxidation sites excluding steroid dienone is 1. The SMILES string of the molecule is C[C@H](Nc1nnc(C2C=Cc3[nH]ncc3C2)o1)c1cccc(F)c1. The summed E-state index contributed by atoms with van der Waals surface area (Å²) >= 11 is 0. The zero-order valence-electron chi connectivity index (χ0n) is 13.0. The number of aromatic nitrogens is 4. The topological polar surface area (TPSA) is 79.6 Å². The van der Waals surface area contributed by atoms with E-state index in [0.717, 1.165) is 23.2 Å². The van der Waals surface area contributed by atoms with Crippen LogP contribution in [0.1, 0.15) is 41.6 Å². The maximum absolute atomic E-state index is 13.3. The van der Waals surface area contributed by atoms with Crippen molar-refractivity contribution in [1.82, 2.24) is 20.4 Å². The second-order valence-electron chi connectivity index (χ2n) is 5.85. The molecule has 1 aliphatic carbocycles. The summed E-state index contributed by atoms with van der Waals surface area (Å²) in [6.45, 7) is 1.91.